The molecule has 0 spiro atoms. The van der Waals surface area contributed by atoms with E-state index in [2.05, 4.69) is 50.2 Å². The zero-order valence-electron chi connectivity index (χ0n) is 24.7. The molecule has 0 aliphatic heterocycles. The van der Waals surface area contributed by atoms with Crippen molar-refractivity contribution in [2.24, 2.45) is 0 Å². The van der Waals surface area contributed by atoms with Crippen LogP contribution in [-0.2, 0) is 5.41 Å². The van der Waals surface area contributed by atoms with Gasteiger partial charge in [-0.15, -0.1) is 0 Å². The molecule has 0 unspecified atom stereocenters. The van der Waals surface area contributed by atoms with Crippen LogP contribution in [-0.4, -0.2) is 0 Å². The summed E-state index contributed by atoms with van der Waals surface area (Å²) in [4.78, 5) is 26.7. The first-order valence-electron chi connectivity index (χ1n) is 15.1. The van der Waals surface area contributed by atoms with Gasteiger partial charge in [0.15, 0.2) is 0 Å². The van der Waals surface area contributed by atoms with E-state index < -0.39 is 0 Å². The summed E-state index contributed by atoms with van der Waals surface area (Å²) in [5.41, 5.74) is 11.0. The van der Waals surface area contributed by atoms with Gasteiger partial charge in [-0.1, -0.05) is 74.5 Å². The largest absolute Gasteiger partial charge is 0.456 e. The summed E-state index contributed by atoms with van der Waals surface area (Å²) in [6, 6.07) is 39.6. The molecular weight excluding hydrogens is 556 g/mol. The van der Waals surface area contributed by atoms with E-state index in [1.165, 1.54) is 22.3 Å². The Morgan fingerprint density at radius 3 is 1.27 bits per heavy atom. The number of hydrogen-bond acceptors (Lipinski definition) is 4. The van der Waals surface area contributed by atoms with Crippen LogP contribution < -0.4 is 10.9 Å². The number of hydrogen-bond donors (Lipinski definition) is 0. The molecule has 1 aliphatic rings. The Hall–Kier alpha value is -5.74. The smallest absolute Gasteiger partial charge is 0.200 e. The van der Waals surface area contributed by atoms with Crippen molar-refractivity contribution in [1.82, 2.24) is 0 Å². The van der Waals surface area contributed by atoms with Gasteiger partial charge in [-0.2, -0.15) is 0 Å². The van der Waals surface area contributed by atoms with Crippen molar-refractivity contribution in [3.8, 4) is 33.4 Å². The molecule has 214 valence electrons. The second-order valence-electron chi connectivity index (χ2n) is 12.4. The van der Waals surface area contributed by atoms with Crippen LogP contribution in [0.5, 0.6) is 0 Å². The van der Waals surface area contributed by atoms with E-state index in [0.29, 0.717) is 43.9 Å². The molecule has 9 rings (SSSR count). The van der Waals surface area contributed by atoms with Gasteiger partial charge in [0.2, 0.25) is 10.9 Å². The third-order valence-electron chi connectivity index (χ3n) is 9.49. The normalized spacial score (nSPS) is 13.5. The van der Waals surface area contributed by atoms with E-state index in [-0.39, 0.29) is 16.3 Å². The lowest BCUT2D eigenvalue weighted by Gasteiger charge is -2.21. The Morgan fingerprint density at radius 2 is 0.800 bits per heavy atom. The molecule has 2 heterocycles. The molecule has 4 nitrogen and oxygen atoms in total. The molecule has 45 heavy (non-hydrogen) atoms. The second kappa shape index (κ2) is 9.13. The average Bonchev–Trinajstić information content (AvgIpc) is 3.30. The van der Waals surface area contributed by atoms with E-state index in [9.17, 15) is 9.59 Å². The SMILES string of the molecule is CC1(C)c2ccc(-c3ccc4oc5ccccc5c(=O)c4c3)cc2-c2cc(-c3ccc4oc5ccccc5c(=O)c4c3)ccc21. The average molecular weight is 583 g/mol. The Morgan fingerprint density at radius 1 is 0.422 bits per heavy atom. The lowest BCUT2D eigenvalue weighted by atomic mass is 9.82. The first-order chi connectivity index (χ1) is 21.9. The van der Waals surface area contributed by atoms with Gasteiger partial charge < -0.3 is 8.83 Å². The highest BCUT2D eigenvalue weighted by molar-refractivity contribution is 5.95. The van der Waals surface area contributed by atoms with E-state index in [4.69, 9.17) is 8.83 Å². The van der Waals surface area contributed by atoms with Gasteiger partial charge in [-0.3, -0.25) is 9.59 Å². The first-order valence-corrected chi connectivity index (χ1v) is 15.1. The highest BCUT2D eigenvalue weighted by Gasteiger charge is 2.35. The van der Waals surface area contributed by atoms with E-state index in [1.54, 1.807) is 0 Å². The van der Waals surface area contributed by atoms with Gasteiger partial charge >= 0.3 is 0 Å². The molecule has 1 aliphatic carbocycles. The van der Waals surface area contributed by atoms with Crippen molar-refractivity contribution in [3.05, 3.63) is 153 Å². The van der Waals surface area contributed by atoms with Crippen LogP contribution in [0.2, 0.25) is 0 Å². The lowest BCUT2D eigenvalue weighted by Crippen LogP contribution is -2.14. The van der Waals surface area contributed by atoms with Crippen molar-refractivity contribution in [2.45, 2.75) is 19.3 Å². The topological polar surface area (TPSA) is 60.4 Å². The summed E-state index contributed by atoms with van der Waals surface area (Å²) in [5, 5.41) is 2.31. The van der Waals surface area contributed by atoms with Crippen LogP contribution in [0.4, 0.5) is 0 Å². The summed E-state index contributed by atoms with van der Waals surface area (Å²) in [6.07, 6.45) is 0. The quantitative estimate of drug-likeness (QED) is 0.190. The summed E-state index contributed by atoms with van der Waals surface area (Å²) in [7, 11) is 0. The molecule has 0 fully saturated rings. The van der Waals surface area contributed by atoms with Crippen LogP contribution in [0, 0.1) is 0 Å². The number of fused-ring (bicyclic) bond motifs is 7. The maximum Gasteiger partial charge on any atom is 0.200 e. The Balaban J connectivity index is 1.18. The van der Waals surface area contributed by atoms with Crippen molar-refractivity contribution in [3.63, 3.8) is 0 Å². The van der Waals surface area contributed by atoms with Crippen LogP contribution in [0.15, 0.2) is 140 Å². The molecule has 0 radical (unpaired) electrons. The van der Waals surface area contributed by atoms with Crippen LogP contribution in [0.25, 0.3) is 77.3 Å². The van der Waals surface area contributed by atoms with Gasteiger partial charge in [0.1, 0.15) is 22.3 Å². The maximum absolute atomic E-state index is 13.4. The molecule has 8 aromatic rings. The molecule has 0 amide bonds. The van der Waals surface area contributed by atoms with Crippen LogP contribution >= 0.6 is 0 Å². The van der Waals surface area contributed by atoms with Crippen molar-refractivity contribution < 1.29 is 8.83 Å². The van der Waals surface area contributed by atoms with E-state index >= 15 is 0 Å². The van der Waals surface area contributed by atoms with Crippen molar-refractivity contribution in [1.29, 1.82) is 0 Å². The molecule has 2 aromatic heterocycles. The van der Waals surface area contributed by atoms with Gasteiger partial charge in [-0.05, 0) is 105 Å². The highest BCUT2D eigenvalue weighted by atomic mass is 16.3. The molecule has 0 bridgehead atoms. The molecule has 0 saturated carbocycles. The van der Waals surface area contributed by atoms with Gasteiger partial charge in [0.25, 0.3) is 0 Å². The summed E-state index contributed by atoms with van der Waals surface area (Å²) in [6.45, 7) is 4.52. The highest BCUT2D eigenvalue weighted by Crippen LogP contribution is 2.50. The minimum Gasteiger partial charge on any atom is -0.456 e. The Bertz CT molecular complexity index is 2490. The van der Waals surface area contributed by atoms with Crippen LogP contribution in [0.3, 0.4) is 0 Å². The van der Waals surface area contributed by atoms with Gasteiger partial charge in [-0.25, -0.2) is 0 Å². The molecule has 0 N–H and O–H groups in total. The second-order valence-corrected chi connectivity index (χ2v) is 12.4. The molecule has 6 aromatic carbocycles. The standard InChI is InChI=1S/C41H26O4/c1-41(2)33-15-11-23(25-13-17-37-31(21-25)39(42)27-7-3-5-9-35(27)44-37)19-29(33)30-20-24(12-16-34(30)41)26-14-18-38-32(22-26)40(43)28-8-4-6-10-36(28)45-38/h3-22H,1-2H3. The third-order valence-corrected chi connectivity index (χ3v) is 9.49. The summed E-state index contributed by atoms with van der Waals surface area (Å²) in [5.74, 6) is 0. The van der Waals surface area contributed by atoms with Crippen molar-refractivity contribution >= 4 is 43.9 Å². The monoisotopic (exact) mass is 582 g/mol. The van der Waals surface area contributed by atoms with Crippen molar-refractivity contribution in [2.75, 3.05) is 0 Å². The third kappa shape index (κ3) is 3.72. The molecule has 0 saturated heterocycles. The van der Waals surface area contributed by atoms with Gasteiger partial charge in [0.05, 0.1) is 21.5 Å². The lowest BCUT2D eigenvalue weighted by molar-refractivity contribution is 0.659. The van der Waals surface area contributed by atoms with Crippen LogP contribution in [0.1, 0.15) is 25.0 Å². The minimum absolute atomic E-state index is 0.0246. The summed E-state index contributed by atoms with van der Waals surface area (Å²) < 4.78 is 12.1. The molecular formula is C41H26O4. The zero-order valence-corrected chi connectivity index (χ0v) is 24.7. The fourth-order valence-corrected chi connectivity index (χ4v) is 7.09. The predicted molar refractivity (Wildman–Crippen MR) is 182 cm³/mol. The maximum atomic E-state index is 13.4. The summed E-state index contributed by atoms with van der Waals surface area (Å²) >= 11 is 0. The fourth-order valence-electron chi connectivity index (χ4n) is 7.09. The van der Waals surface area contributed by atoms with Gasteiger partial charge in [0, 0.05) is 5.41 Å². The van der Waals surface area contributed by atoms with E-state index in [1.807, 2.05) is 84.9 Å². The number of para-hydroxylation sites is 2. The van der Waals surface area contributed by atoms with E-state index in [0.717, 1.165) is 22.3 Å². The zero-order chi connectivity index (χ0) is 30.4. The number of benzene rings is 6. The minimum atomic E-state index is -0.172. The fraction of sp³-hybridized carbons (Fsp3) is 0.0732. The molecule has 0 atom stereocenters. The predicted octanol–water partition coefficient (Wildman–Crippen LogP) is 9.85. The first kappa shape index (κ1) is 25.7. The Labute approximate surface area is 257 Å². The molecule has 4 heteroatoms. The number of rotatable bonds is 2. The Kier molecular flexibility index (Phi) is 5.22.